The predicted molar refractivity (Wildman–Crippen MR) is 98.1 cm³/mol. The third kappa shape index (κ3) is 3.43. The van der Waals surface area contributed by atoms with E-state index in [9.17, 15) is 4.79 Å². The summed E-state index contributed by atoms with van der Waals surface area (Å²) >= 11 is 0. The Morgan fingerprint density at radius 1 is 1.31 bits per heavy atom. The van der Waals surface area contributed by atoms with Gasteiger partial charge in [-0.2, -0.15) is 4.68 Å². The molecule has 26 heavy (non-hydrogen) atoms. The lowest BCUT2D eigenvalue weighted by atomic mass is 9.76. The van der Waals surface area contributed by atoms with E-state index in [0.717, 1.165) is 42.5 Å². The fourth-order valence-electron chi connectivity index (χ4n) is 3.80. The number of nitrogens with zero attached hydrogens (tertiary/aromatic N) is 4. The molecule has 0 atom stereocenters. The van der Waals surface area contributed by atoms with Crippen LogP contribution in [0.5, 0.6) is 0 Å². The molecule has 1 heterocycles. The molecule has 2 aromatic rings. The molecule has 1 amide bonds. The van der Waals surface area contributed by atoms with Gasteiger partial charge in [0, 0.05) is 0 Å². The molecule has 1 aliphatic rings. The highest BCUT2D eigenvalue weighted by molar-refractivity contribution is 5.68. The summed E-state index contributed by atoms with van der Waals surface area (Å²) in [5.41, 5.74) is 2.54. The molecule has 7 heteroatoms. The van der Waals surface area contributed by atoms with E-state index in [-0.39, 0.29) is 0 Å². The highest BCUT2D eigenvalue weighted by Crippen LogP contribution is 2.39. The lowest BCUT2D eigenvalue weighted by molar-refractivity contribution is 0.117. The number of nitrogens with one attached hydrogen (secondary N) is 1. The molecule has 1 aliphatic carbocycles. The van der Waals surface area contributed by atoms with Crippen LogP contribution in [0.2, 0.25) is 0 Å². The number of hydrogen-bond donors (Lipinski definition) is 1. The molecule has 7 nitrogen and oxygen atoms in total. The summed E-state index contributed by atoms with van der Waals surface area (Å²) in [6, 6.07) is 6.11. The first-order valence-corrected chi connectivity index (χ1v) is 9.27. The zero-order valence-corrected chi connectivity index (χ0v) is 16.0. The Balaban J connectivity index is 2.06. The second-order valence-corrected chi connectivity index (χ2v) is 7.26. The minimum atomic E-state index is -0.614. The van der Waals surface area contributed by atoms with E-state index in [1.165, 1.54) is 0 Å². The van der Waals surface area contributed by atoms with Crippen LogP contribution in [-0.4, -0.2) is 32.9 Å². The van der Waals surface area contributed by atoms with E-state index in [1.807, 2.05) is 32.0 Å². The van der Waals surface area contributed by atoms with Crippen molar-refractivity contribution in [3.05, 3.63) is 35.2 Å². The van der Waals surface area contributed by atoms with Gasteiger partial charge >= 0.3 is 6.09 Å². The first-order chi connectivity index (χ1) is 12.5. The first kappa shape index (κ1) is 18.4. The molecule has 3 rings (SSSR count). The molecule has 1 saturated carbocycles. The Bertz CT molecular complexity index is 758. The minimum absolute atomic E-state index is 0.333. The van der Waals surface area contributed by atoms with Gasteiger partial charge in [-0.3, -0.25) is 0 Å². The van der Waals surface area contributed by atoms with Gasteiger partial charge in [-0.25, -0.2) is 4.79 Å². The summed E-state index contributed by atoms with van der Waals surface area (Å²) in [7, 11) is 0. The molecule has 0 unspecified atom stereocenters. The van der Waals surface area contributed by atoms with Gasteiger partial charge in [-0.15, -0.1) is 5.10 Å². The molecule has 0 aliphatic heterocycles. The summed E-state index contributed by atoms with van der Waals surface area (Å²) in [5.74, 6) is 1.30. The Morgan fingerprint density at radius 2 is 1.96 bits per heavy atom. The van der Waals surface area contributed by atoms with Crippen LogP contribution in [0.1, 0.15) is 56.5 Å². The normalized spacial score (nSPS) is 22.8. The number of ether oxygens (including phenoxy) is 1. The number of benzene rings is 1. The molecule has 0 saturated heterocycles. The van der Waals surface area contributed by atoms with Crippen LogP contribution >= 0.6 is 0 Å². The molecule has 1 fully saturated rings. The summed E-state index contributed by atoms with van der Waals surface area (Å²) in [5, 5.41) is 15.6. The van der Waals surface area contributed by atoms with Crippen LogP contribution < -0.4 is 5.32 Å². The Hall–Kier alpha value is -2.44. The zero-order chi connectivity index (χ0) is 18.7. The minimum Gasteiger partial charge on any atom is -0.450 e. The SMILES string of the molecule is CCOC(=O)NC1(c2nnnn2-c2c(C)cccc2C)CCC(C)CC1. The quantitative estimate of drug-likeness (QED) is 0.906. The van der Waals surface area contributed by atoms with Crippen LogP contribution in [0, 0.1) is 19.8 Å². The summed E-state index contributed by atoms with van der Waals surface area (Å²) < 4.78 is 6.94. The van der Waals surface area contributed by atoms with E-state index in [0.29, 0.717) is 18.3 Å². The molecular weight excluding hydrogens is 330 g/mol. The van der Waals surface area contributed by atoms with Gasteiger partial charge in [0.25, 0.3) is 0 Å². The first-order valence-electron chi connectivity index (χ1n) is 9.27. The molecule has 0 bridgehead atoms. The molecule has 0 radical (unpaired) electrons. The second kappa shape index (κ2) is 7.43. The monoisotopic (exact) mass is 357 g/mol. The number of hydrogen-bond acceptors (Lipinski definition) is 5. The average molecular weight is 357 g/mol. The van der Waals surface area contributed by atoms with Crippen molar-refractivity contribution in [1.82, 2.24) is 25.5 Å². The van der Waals surface area contributed by atoms with Crippen molar-refractivity contribution in [2.45, 2.75) is 58.9 Å². The molecule has 0 spiro atoms. The largest absolute Gasteiger partial charge is 0.450 e. The smallest absolute Gasteiger partial charge is 0.407 e. The van der Waals surface area contributed by atoms with Gasteiger partial charge in [0.05, 0.1) is 12.3 Å². The third-order valence-corrected chi connectivity index (χ3v) is 5.29. The standard InChI is InChI=1S/C19H27N5O2/c1-5-26-18(25)20-19(11-9-13(2)10-12-19)17-21-22-23-24(17)16-14(3)7-6-8-15(16)4/h6-8,13H,5,9-12H2,1-4H3,(H,20,25). The van der Waals surface area contributed by atoms with E-state index in [1.54, 1.807) is 11.6 Å². The van der Waals surface area contributed by atoms with Gasteiger partial charge in [0.15, 0.2) is 5.82 Å². The Morgan fingerprint density at radius 3 is 2.58 bits per heavy atom. The molecular formula is C19H27N5O2. The fourth-order valence-corrected chi connectivity index (χ4v) is 3.80. The van der Waals surface area contributed by atoms with E-state index in [2.05, 4.69) is 27.8 Å². The average Bonchev–Trinajstić information content (AvgIpc) is 3.07. The highest BCUT2D eigenvalue weighted by atomic mass is 16.5. The van der Waals surface area contributed by atoms with Gasteiger partial charge < -0.3 is 10.1 Å². The number of para-hydroxylation sites is 1. The molecule has 1 aromatic carbocycles. The molecule has 140 valence electrons. The maximum Gasteiger partial charge on any atom is 0.407 e. The fraction of sp³-hybridized carbons (Fsp3) is 0.579. The maximum absolute atomic E-state index is 12.3. The lowest BCUT2D eigenvalue weighted by Gasteiger charge is -2.38. The van der Waals surface area contributed by atoms with Gasteiger partial charge in [-0.1, -0.05) is 25.1 Å². The van der Waals surface area contributed by atoms with Gasteiger partial charge in [0.1, 0.15) is 5.54 Å². The van der Waals surface area contributed by atoms with Crippen molar-refractivity contribution in [3.8, 4) is 5.69 Å². The Labute approximate surface area is 154 Å². The predicted octanol–water partition coefficient (Wildman–Crippen LogP) is 3.43. The highest BCUT2D eigenvalue weighted by Gasteiger charge is 2.42. The van der Waals surface area contributed by atoms with Crippen LogP contribution in [0.25, 0.3) is 5.69 Å². The third-order valence-electron chi connectivity index (χ3n) is 5.29. The molecule has 1 aromatic heterocycles. The van der Waals surface area contributed by atoms with Crippen LogP contribution in [0.15, 0.2) is 18.2 Å². The van der Waals surface area contributed by atoms with Crippen LogP contribution in [-0.2, 0) is 10.3 Å². The van der Waals surface area contributed by atoms with Crippen molar-refractivity contribution >= 4 is 6.09 Å². The molecule has 1 N–H and O–H groups in total. The van der Waals surface area contributed by atoms with E-state index >= 15 is 0 Å². The van der Waals surface area contributed by atoms with E-state index in [4.69, 9.17) is 4.74 Å². The topological polar surface area (TPSA) is 81.9 Å². The van der Waals surface area contributed by atoms with Crippen molar-refractivity contribution < 1.29 is 9.53 Å². The number of tetrazole rings is 1. The van der Waals surface area contributed by atoms with Gasteiger partial charge in [-0.05, 0) is 73.9 Å². The van der Waals surface area contributed by atoms with Crippen molar-refractivity contribution in [2.75, 3.05) is 6.61 Å². The summed E-state index contributed by atoms with van der Waals surface area (Å²) in [6.07, 6.45) is 3.17. The van der Waals surface area contributed by atoms with Crippen LogP contribution in [0.3, 0.4) is 0 Å². The van der Waals surface area contributed by atoms with Crippen molar-refractivity contribution in [3.63, 3.8) is 0 Å². The van der Waals surface area contributed by atoms with Crippen LogP contribution in [0.4, 0.5) is 4.79 Å². The number of amides is 1. The Kier molecular flexibility index (Phi) is 5.25. The number of aryl methyl sites for hydroxylation is 2. The second-order valence-electron chi connectivity index (χ2n) is 7.26. The summed E-state index contributed by atoms with van der Waals surface area (Å²) in [6.45, 7) is 8.46. The number of carbonyl (C=O) groups excluding carboxylic acids is 1. The lowest BCUT2D eigenvalue weighted by Crippen LogP contribution is -2.50. The van der Waals surface area contributed by atoms with Gasteiger partial charge in [0.2, 0.25) is 0 Å². The van der Waals surface area contributed by atoms with E-state index < -0.39 is 11.6 Å². The number of rotatable bonds is 4. The number of aromatic nitrogens is 4. The zero-order valence-electron chi connectivity index (χ0n) is 16.0. The summed E-state index contributed by atoms with van der Waals surface area (Å²) in [4.78, 5) is 12.3. The number of carbonyl (C=O) groups is 1. The maximum atomic E-state index is 12.3. The van der Waals surface area contributed by atoms with Crippen molar-refractivity contribution in [1.29, 1.82) is 0 Å². The van der Waals surface area contributed by atoms with Crippen molar-refractivity contribution in [2.24, 2.45) is 5.92 Å². The number of alkyl carbamates (subject to hydrolysis) is 1.